The van der Waals surface area contributed by atoms with Gasteiger partial charge in [0.15, 0.2) is 0 Å². The highest BCUT2D eigenvalue weighted by atomic mass is 32.2. The van der Waals surface area contributed by atoms with Gasteiger partial charge < -0.3 is 5.32 Å². The molecular weight excluding hydrogens is 256 g/mol. The lowest BCUT2D eigenvalue weighted by molar-refractivity contribution is 0.388. The molecule has 1 aromatic heterocycles. The van der Waals surface area contributed by atoms with E-state index in [0.29, 0.717) is 6.54 Å². The van der Waals surface area contributed by atoms with Gasteiger partial charge in [-0.25, -0.2) is 12.7 Å². The third-order valence-electron chi connectivity index (χ3n) is 2.75. The molecule has 17 heavy (non-hydrogen) atoms. The van der Waals surface area contributed by atoms with Crippen LogP contribution in [0.1, 0.15) is 11.8 Å². The number of sulfonamides is 1. The van der Waals surface area contributed by atoms with Crippen molar-refractivity contribution in [2.24, 2.45) is 0 Å². The number of rotatable bonds is 7. The van der Waals surface area contributed by atoms with Gasteiger partial charge in [-0.15, -0.1) is 11.3 Å². The fourth-order valence-electron chi connectivity index (χ4n) is 1.50. The van der Waals surface area contributed by atoms with Crippen molar-refractivity contribution in [2.45, 2.75) is 19.4 Å². The Balaban J connectivity index is 2.59. The molecule has 6 heteroatoms. The van der Waals surface area contributed by atoms with E-state index in [-0.39, 0.29) is 11.8 Å². The molecule has 0 spiro atoms. The first kappa shape index (κ1) is 14.6. The summed E-state index contributed by atoms with van der Waals surface area (Å²) in [5.41, 5.74) is 0. The Bertz CT molecular complexity index is 415. The summed E-state index contributed by atoms with van der Waals surface area (Å²) < 4.78 is 25.4. The van der Waals surface area contributed by atoms with Gasteiger partial charge in [0.25, 0.3) is 0 Å². The highest BCUT2D eigenvalue weighted by Crippen LogP contribution is 2.15. The van der Waals surface area contributed by atoms with Gasteiger partial charge in [0.05, 0.1) is 5.75 Å². The Hall–Kier alpha value is -0.430. The summed E-state index contributed by atoms with van der Waals surface area (Å²) in [5, 5.41) is 4.87. The fraction of sp³-hybridized carbons (Fsp3) is 0.636. The summed E-state index contributed by atoms with van der Waals surface area (Å²) in [4.78, 5) is 1.22. The number of likely N-dealkylation sites (N-methyl/N-ethyl adjacent to an activating group) is 1. The van der Waals surface area contributed by atoms with Crippen LogP contribution in [0, 0.1) is 0 Å². The Morgan fingerprint density at radius 2 is 2.24 bits per heavy atom. The van der Waals surface area contributed by atoms with Crippen LogP contribution in [0.3, 0.4) is 0 Å². The molecule has 1 unspecified atom stereocenters. The lowest BCUT2D eigenvalue weighted by Gasteiger charge is -2.23. The minimum Gasteiger partial charge on any atom is -0.319 e. The van der Waals surface area contributed by atoms with E-state index >= 15 is 0 Å². The Labute approximate surface area is 108 Å². The van der Waals surface area contributed by atoms with Crippen LogP contribution in [0.25, 0.3) is 0 Å². The van der Waals surface area contributed by atoms with Crippen LogP contribution in [-0.2, 0) is 16.4 Å². The lowest BCUT2D eigenvalue weighted by Crippen LogP contribution is -2.39. The summed E-state index contributed by atoms with van der Waals surface area (Å²) in [5.74, 6) is 0.148. The molecule has 1 aromatic rings. The third-order valence-corrected chi connectivity index (χ3v) is 5.60. The van der Waals surface area contributed by atoms with E-state index in [9.17, 15) is 8.42 Å². The van der Waals surface area contributed by atoms with Gasteiger partial charge in [0, 0.05) is 24.5 Å². The normalized spacial score (nSPS) is 14.1. The predicted octanol–water partition coefficient (Wildman–Crippen LogP) is 1.16. The van der Waals surface area contributed by atoms with Crippen molar-refractivity contribution in [1.82, 2.24) is 9.62 Å². The largest absolute Gasteiger partial charge is 0.319 e. The summed E-state index contributed by atoms with van der Waals surface area (Å²) in [6, 6.07) is 4.02. The molecule has 0 fully saturated rings. The molecule has 0 saturated carbocycles. The Morgan fingerprint density at radius 1 is 1.53 bits per heavy atom. The van der Waals surface area contributed by atoms with Gasteiger partial charge in [-0.2, -0.15) is 0 Å². The minimum atomic E-state index is -3.15. The molecule has 1 heterocycles. The van der Waals surface area contributed by atoms with Crippen LogP contribution in [0.5, 0.6) is 0 Å². The van der Waals surface area contributed by atoms with Crippen LogP contribution in [0.15, 0.2) is 17.5 Å². The first-order chi connectivity index (χ1) is 7.97. The second-order valence-electron chi connectivity index (χ2n) is 4.07. The van der Waals surface area contributed by atoms with Crippen molar-refractivity contribution in [3.63, 3.8) is 0 Å². The monoisotopic (exact) mass is 276 g/mol. The smallest absolute Gasteiger partial charge is 0.215 e. The standard InChI is InChI=1S/C11H20N2O2S2/c1-10(9-11-5-4-7-16-11)13(3)17(14,15)8-6-12-2/h4-5,7,10,12H,6,8-9H2,1-3H3. The second kappa shape index (κ2) is 6.49. The molecule has 98 valence electrons. The first-order valence-corrected chi connectivity index (χ1v) is 8.09. The van der Waals surface area contributed by atoms with Crippen LogP contribution in [-0.4, -0.2) is 45.2 Å². The Morgan fingerprint density at radius 3 is 2.76 bits per heavy atom. The number of nitrogens with zero attached hydrogens (tertiary/aromatic N) is 1. The van der Waals surface area contributed by atoms with E-state index in [1.165, 1.54) is 9.18 Å². The zero-order valence-corrected chi connectivity index (χ0v) is 12.1. The molecular formula is C11H20N2O2S2. The lowest BCUT2D eigenvalue weighted by atomic mass is 10.2. The van der Waals surface area contributed by atoms with Crippen molar-refractivity contribution >= 4 is 21.4 Å². The first-order valence-electron chi connectivity index (χ1n) is 5.60. The molecule has 1 atom stereocenters. The van der Waals surface area contributed by atoms with Crippen molar-refractivity contribution in [1.29, 1.82) is 0 Å². The van der Waals surface area contributed by atoms with Gasteiger partial charge >= 0.3 is 0 Å². The molecule has 0 aliphatic rings. The van der Waals surface area contributed by atoms with Crippen LogP contribution in [0.2, 0.25) is 0 Å². The molecule has 0 amide bonds. The van der Waals surface area contributed by atoms with Gasteiger partial charge in [0.1, 0.15) is 0 Å². The molecule has 1 rings (SSSR count). The Kier molecular flexibility index (Phi) is 5.58. The molecule has 0 aromatic carbocycles. The van der Waals surface area contributed by atoms with Gasteiger partial charge in [0.2, 0.25) is 10.0 Å². The predicted molar refractivity (Wildman–Crippen MR) is 73.0 cm³/mol. The van der Waals surface area contributed by atoms with Gasteiger partial charge in [-0.1, -0.05) is 6.07 Å². The maximum atomic E-state index is 11.9. The molecule has 0 saturated heterocycles. The second-order valence-corrected chi connectivity index (χ2v) is 7.25. The number of hydrogen-bond donors (Lipinski definition) is 1. The average molecular weight is 276 g/mol. The summed E-state index contributed by atoms with van der Waals surface area (Å²) >= 11 is 1.66. The van der Waals surface area contributed by atoms with Crippen LogP contribution < -0.4 is 5.32 Å². The van der Waals surface area contributed by atoms with E-state index in [1.54, 1.807) is 25.4 Å². The number of hydrogen-bond acceptors (Lipinski definition) is 4. The highest BCUT2D eigenvalue weighted by molar-refractivity contribution is 7.89. The molecule has 0 aliphatic carbocycles. The zero-order chi connectivity index (χ0) is 12.9. The third kappa shape index (κ3) is 4.39. The van der Waals surface area contributed by atoms with E-state index in [0.717, 1.165) is 6.42 Å². The van der Waals surface area contributed by atoms with Crippen molar-refractivity contribution < 1.29 is 8.42 Å². The van der Waals surface area contributed by atoms with Crippen molar-refractivity contribution in [3.05, 3.63) is 22.4 Å². The van der Waals surface area contributed by atoms with E-state index in [2.05, 4.69) is 5.32 Å². The quantitative estimate of drug-likeness (QED) is 0.813. The van der Waals surface area contributed by atoms with E-state index in [1.807, 2.05) is 24.4 Å². The average Bonchev–Trinajstić information content (AvgIpc) is 2.78. The zero-order valence-electron chi connectivity index (χ0n) is 10.5. The van der Waals surface area contributed by atoms with Crippen LogP contribution >= 0.6 is 11.3 Å². The van der Waals surface area contributed by atoms with E-state index < -0.39 is 10.0 Å². The number of nitrogens with one attached hydrogen (secondary N) is 1. The summed E-state index contributed by atoms with van der Waals surface area (Å²) in [6.45, 7) is 2.43. The summed E-state index contributed by atoms with van der Waals surface area (Å²) in [6.07, 6.45) is 0.771. The van der Waals surface area contributed by atoms with Crippen LogP contribution in [0.4, 0.5) is 0 Å². The maximum absolute atomic E-state index is 11.9. The molecule has 0 radical (unpaired) electrons. The van der Waals surface area contributed by atoms with Crippen molar-refractivity contribution in [2.75, 3.05) is 26.4 Å². The topological polar surface area (TPSA) is 49.4 Å². The SMILES string of the molecule is CNCCS(=O)(=O)N(C)C(C)Cc1cccs1. The summed E-state index contributed by atoms with van der Waals surface area (Å²) in [7, 11) is 0.261. The number of thiophene rings is 1. The molecule has 0 aliphatic heterocycles. The molecule has 1 N–H and O–H groups in total. The molecule has 4 nitrogen and oxygen atoms in total. The van der Waals surface area contributed by atoms with E-state index in [4.69, 9.17) is 0 Å². The fourth-order valence-corrected chi connectivity index (χ4v) is 3.70. The highest BCUT2D eigenvalue weighted by Gasteiger charge is 2.22. The van der Waals surface area contributed by atoms with Gasteiger partial charge in [-0.05, 0) is 31.8 Å². The van der Waals surface area contributed by atoms with Crippen molar-refractivity contribution in [3.8, 4) is 0 Å². The maximum Gasteiger partial charge on any atom is 0.215 e. The molecule has 0 bridgehead atoms. The minimum absolute atomic E-state index is 0.00416. The van der Waals surface area contributed by atoms with Gasteiger partial charge in [-0.3, -0.25) is 0 Å².